The Labute approximate surface area is 153 Å². The number of carboxylic acid groups (broad SMARTS) is 2. The van der Waals surface area contributed by atoms with Gasteiger partial charge in [0.2, 0.25) is 0 Å². The van der Waals surface area contributed by atoms with Crippen LogP contribution in [0, 0.1) is 0 Å². The molecule has 0 amide bonds. The van der Waals surface area contributed by atoms with Crippen LogP contribution in [0.5, 0.6) is 5.75 Å². The van der Waals surface area contributed by atoms with E-state index >= 15 is 0 Å². The van der Waals surface area contributed by atoms with Crippen LogP contribution in [0.25, 0.3) is 0 Å². The Balaban J connectivity index is 0.000000660. The summed E-state index contributed by atoms with van der Waals surface area (Å²) in [7, 11) is 0. The number of aliphatic hydroxyl groups excluding tert-OH is 1. The molecule has 144 valence electrons. The van der Waals surface area contributed by atoms with E-state index in [0.717, 1.165) is 17.7 Å². The fourth-order valence-corrected chi connectivity index (χ4v) is 1.73. The first-order chi connectivity index (χ1) is 12.3. The van der Waals surface area contributed by atoms with Crippen molar-refractivity contribution in [2.45, 2.75) is 32.4 Å². The molecular formula is C19H27NO6. The van der Waals surface area contributed by atoms with Gasteiger partial charge in [-0.2, -0.15) is 0 Å². The molecule has 1 unspecified atom stereocenters. The van der Waals surface area contributed by atoms with Gasteiger partial charge in [0.05, 0.1) is 0 Å². The van der Waals surface area contributed by atoms with Crippen LogP contribution < -0.4 is 10.1 Å². The molecule has 7 nitrogen and oxygen atoms in total. The molecule has 0 aromatic heterocycles. The maximum absolute atomic E-state index is 9.77. The number of carbonyl (C=O) groups is 2. The van der Waals surface area contributed by atoms with Crippen LogP contribution in [0.15, 0.2) is 49.1 Å². The van der Waals surface area contributed by atoms with Crippen molar-refractivity contribution in [3.05, 3.63) is 54.6 Å². The highest BCUT2D eigenvalue weighted by Gasteiger charge is 2.07. The van der Waals surface area contributed by atoms with Crippen molar-refractivity contribution in [2.75, 3.05) is 13.2 Å². The van der Waals surface area contributed by atoms with Gasteiger partial charge < -0.3 is 25.4 Å². The van der Waals surface area contributed by atoms with E-state index in [1.807, 2.05) is 44.2 Å². The van der Waals surface area contributed by atoms with E-state index < -0.39 is 18.0 Å². The van der Waals surface area contributed by atoms with Crippen LogP contribution in [0.2, 0.25) is 0 Å². The second-order valence-electron chi connectivity index (χ2n) is 5.64. The molecule has 0 spiro atoms. The molecule has 0 bridgehead atoms. The lowest BCUT2D eigenvalue weighted by Gasteiger charge is -2.16. The zero-order chi connectivity index (χ0) is 19.9. The third-order valence-electron chi connectivity index (χ3n) is 2.90. The molecule has 0 saturated carbocycles. The summed E-state index contributed by atoms with van der Waals surface area (Å²) < 4.78 is 5.65. The summed E-state index contributed by atoms with van der Waals surface area (Å²) in [5.41, 5.74) is 1.09. The predicted octanol–water partition coefficient (Wildman–Crippen LogP) is 1.86. The number of benzene rings is 1. The third-order valence-corrected chi connectivity index (χ3v) is 2.90. The van der Waals surface area contributed by atoms with E-state index in [1.54, 1.807) is 0 Å². The number of para-hydroxylation sites is 1. The lowest BCUT2D eigenvalue weighted by atomic mass is 10.1. The fraction of sp³-hybridized carbons (Fsp3) is 0.368. The zero-order valence-electron chi connectivity index (χ0n) is 15.1. The van der Waals surface area contributed by atoms with Crippen molar-refractivity contribution in [2.24, 2.45) is 0 Å². The Bertz CT molecular complexity index is 581. The normalized spacial score (nSPS) is 11.5. The number of hydrogen-bond acceptors (Lipinski definition) is 5. The number of ether oxygens (including phenoxy) is 1. The van der Waals surface area contributed by atoms with Crippen LogP contribution in [-0.2, 0) is 16.0 Å². The summed E-state index contributed by atoms with van der Waals surface area (Å²) >= 11 is 0. The number of aliphatic carboxylic acids is 2. The van der Waals surface area contributed by atoms with E-state index in [4.69, 9.17) is 14.9 Å². The molecule has 0 radical (unpaired) electrons. The molecule has 0 saturated heterocycles. The number of nitrogens with one attached hydrogen (secondary N) is 1. The number of allylic oxidation sites excluding steroid dienone is 1. The third kappa shape index (κ3) is 12.7. The Morgan fingerprint density at radius 3 is 2.27 bits per heavy atom. The van der Waals surface area contributed by atoms with Crippen molar-refractivity contribution < 1.29 is 29.6 Å². The monoisotopic (exact) mass is 365 g/mol. The fourth-order valence-electron chi connectivity index (χ4n) is 1.73. The minimum Gasteiger partial charge on any atom is -0.491 e. The topological polar surface area (TPSA) is 116 Å². The number of hydrogen-bond donors (Lipinski definition) is 4. The number of aliphatic hydroxyl groups is 1. The summed E-state index contributed by atoms with van der Waals surface area (Å²) in [5.74, 6) is -1.69. The highest BCUT2D eigenvalue weighted by Crippen LogP contribution is 2.18. The summed E-state index contributed by atoms with van der Waals surface area (Å²) in [6, 6.07) is 8.20. The molecule has 0 aliphatic heterocycles. The lowest BCUT2D eigenvalue weighted by molar-refractivity contribution is -0.134. The van der Waals surface area contributed by atoms with Crippen molar-refractivity contribution in [3.63, 3.8) is 0 Å². The van der Waals surface area contributed by atoms with Crippen molar-refractivity contribution in [1.82, 2.24) is 5.32 Å². The Hall–Kier alpha value is -2.64. The highest BCUT2D eigenvalue weighted by molar-refractivity contribution is 5.89. The van der Waals surface area contributed by atoms with Crippen molar-refractivity contribution in [3.8, 4) is 5.75 Å². The average molecular weight is 365 g/mol. The zero-order valence-corrected chi connectivity index (χ0v) is 15.1. The average Bonchev–Trinajstić information content (AvgIpc) is 2.58. The maximum Gasteiger partial charge on any atom is 0.328 e. The summed E-state index contributed by atoms with van der Waals surface area (Å²) in [6.07, 6.45) is 3.24. The minimum absolute atomic E-state index is 0.299. The predicted molar refractivity (Wildman–Crippen MR) is 99.4 cm³/mol. The molecule has 1 aromatic carbocycles. The molecule has 1 rings (SSSR count). The first-order valence-electron chi connectivity index (χ1n) is 8.13. The second kappa shape index (κ2) is 13.6. The van der Waals surface area contributed by atoms with Gasteiger partial charge in [-0.25, -0.2) is 9.59 Å². The molecule has 4 N–H and O–H groups in total. The van der Waals surface area contributed by atoms with Gasteiger partial charge in [0.1, 0.15) is 18.5 Å². The van der Waals surface area contributed by atoms with Gasteiger partial charge in [-0.3, -0.25) is 0 Å². The molecule has 0 heterocycles. The van der Waals surface area contributed by atoms with Gasteiger partial charge in [0.25, 0.3) is 0 Å². The largest absolute Gasteiger partial charge is 0.491 e. The van der Waals surface area contributed by atoms with Gasteiger partial charge in [-0.1, -0.05) is 38.1 Å². The van der Waals surface area contributed by atoms with Crippen molar-refractivity contribution in [1.29, 1.82) is 0 Å². The molecule has 0 aliphatic carbocycles. The van der Waals surface area contributed by atoms with Crippen LogP contribution >= 0.6 is 0 Å². The molecule has 26 heavy (non-hydrogen) atoms. The van der Waals surface area contributed by atoms with Gasteiger partial charge in [-0.05, 0) is 18.1 Å². The van der Waals surface area contributed by atoms with Crippen LogP contribution in [0.1, 0.15) is 19.4 Å². The first kappa shape index (κ1) is 23.4. The molecule has 1 atom stereocenters. The van der Waals surface area contributed by atoms with E-state index in [1.165, 1.54) is 0 Å². The van der Waals surface area contributed by atoms with E-state index in [-0.39, 0.29) is 0 Å². The Morgan fingerprint density at radius 2 is 1.77 bits per heavy atom. The molecule has 0 fully saturated rings. The Kier molecular flexibility index (Phi) is 12.2. The Morgan fingerprint density at radius 1 is 1.19 bits per heavy atom. The molecule has 0 aliphatic rings. The van der Waals surface area contributed by atoms with Crippen LogP contribution in [-0.4, -0.2) is 52.6 Å². The smallest absolute Gasteiger partial charge is 0.328 e. The van der Waals surface area contributed by atoms with Gasteiger partial charge in [0.15, 0.2) is 0 Å². The van der Waals surface area contributed by atoms with Crippen LogP contribution in [0.4, 0.5) is 0 Å². The van der Waals surface area contributed by atoms with Crippen LogP contribution in [0.3, 0.4) is 0 Å². The van der Waals surface area contributed by atoms with Gasteiger partial charge in [0, 0.05) is 24.7 Å². The molecular weight excluding hydrogens is 338 g/mol. The van der Waals surface area contributed by atoms with Crippen molar-refractivity contribution >= 4 is 11.9 Å². The second-order valence-corrected chi connectivity index (χ2v) is 5.64. The highest BCUT2D eigenvalue weighted by atomic mass is 16.5. The van der Waals surface area contributed by atoms with E-state index in [0.29, 0.717) is 31.3 Å². The SMILES string of the molecule is C=CCc1ccccc1OCC(O)CNC(C)C.O=C(O)/C=C/C(=O)O. The molecule has 1 aromatic rings. The van der Waals surface area contributed by atoms with Gasteiger partial charge in [-0.15, -0.1) is 6.58 Å². The number of carboxylic acids is 2. The quantitative estimate of drug-likeness (QED) is 0.369. The van der Waals surface area contributed by atoms with E-state index in [9.17, 15) is 14.7 Å². The lowest BCUT2D eigenvalue weighted by Crippen LogP contribution is -2.35. The minimum atomic E-state index is -1.26. The van der Waals surface area contributed by atoms with Gasteiger partial charge >= 0.3 is 11.9 Å². The number of rotatable bonds is 10. The standard InChI is InChI=1S/C15H23NO2.C4H4O4/c1-4-7-13-8-5-6-9-15(13)18-11-14(17)10-16-12(2)3;5-3(6)1-2-4(7)8/h4-6,8-9,12,14,16-17H,1,7,10-11H2,2-3H3;1-2H,(H,5,6)(H,7,8)/b;2-1+. The summed E-state index contributed by atoms with van der Waals surface area (Å²) in [5, 5.41) is 28.6. The summed E-state index contributed by atoms with van der Waals surface area (Å²) in [6.45, 7) is 8.67. The molecule has 7 heteroatoms. The summed E-state index contributed by atoms with van der Waals surface area (Å²) in [4.78, 5) is 19.1. The van der Waals surface area contributed by atoms with E-state index in [2.05, 4.69) is 11.9 Å². The first-order valence-corrected chi connectivity index (χ1v) is 8.13. The maximum atomic E-state index is 9.77.